The van der Waals surface area contributed by atoms with Crippen LogP contribution in [0, 0.1) is 0 Å². The number of pyridine rings is 1. The maximum absolute atomic E-state index is 5.78. The minimum Gasteiger partial charge on any atom is -0.379 e. The zero-order chi connectivity index (χ0) is 18.7. The van der Waals surface area contributed by atoms with Crippen molar-refractivity contribution in [2.24, 2.45) is 4.99 Å². The van der Waals surface area contributed by atoms with Gasteiger partial charge in [0.2, 0.25) is 0 Å². The molecule has 1 aliphatic rings. The van der Waals surface area contributed by atoms with E-state index >= 15 is 0 Å². The summed E-state index contributed by atoms with van der Waals surface area (Å²) < 4.78 is 12.8. The highest BCUT2D eigenvalue weighted by Crippen LogP contribution is 2.08. The monoisotopic (exact) mass is 500 g/mol. The van der Waals surface area contributed by atoms with Gasteiger partial charge in [0.15, 0.2) is 11.8 Å². The van der Waals surface area contributed by atoms with Gasteiger partial charge in [0.05, 0.1) is 19.3 Å². The lowest BCUT2D eigenvalue weighted by atomic mass is 10.2. The van der Waals surface area contributed by atoms with E-state index in [2.05, 4.69) is 32.6 Å². The van der Waals surface area contributed by atoms with Crippen molar-refractivity contribution in [3.05, 3.63) is 42.4 Å². The quantitative estimate of drug-likeness (QED) is 0.238. The molecule has 2 aromatic rings. The van der Waals surface area contributed by atoms with E-state index in [0.29, 0.717) is 6.54 Å². The van der Waals surface area contributed by atoms with E-state index in [-0.39, 0.29) is 30.1 Å². The van der Waals surface area contributed by atoms with Crippen molar-refractivity contribution in [2.45, 2.75) is 32.4 Å². The van der Waals surface area contributed by atoms with Gasteiger partial charge in [-0.1, -0.05) is 0 Å². The van der Waals surface area contributed by atoms with Crippen LogP contribution in [0.1, 0.15) is 25.3 Å². The van der Waals surface area contributed by atoms with Crippen molar-refractivity contribution in [3.8, 4) is 5.82 Å². The molecular weight excluding hydrogens is 471 g/mol. The van der Waals surface area contributed by atoms with Gasteiger partial charge in [-0.3, -0.25) is 0 Å². The van der Waals surface area contributed by atoms with E-state index < -0.39 is 0 Å². The highest BCUT2D eigenvalue weighted by molar-refractivity contribution is 14.0. The van der Waals surface area contributed by atoms with Crippen LogP contribution in [0.3, 0.4) is 0 Å². The summed E-state index contributed by atoms with van der Waals surface area (Å²) in [6.07, 6.45) is 7.60. The summed E-state index contributed by atoms with van der Waals surface area (Å²) in [7, 11) is 0. The largest absolute Gasteiger partial charge is 0.379 e. The van der Waals surface area contributed by atoms with Gasteiger partial charge in [-0.05, 0) is 43.5 Å². The van der Waals surface area contributed by atoms with E-state index in [1.807, 2.05) is 24.4 Å². The third kappa shape index (κ3) is 7.36. The lowest BCUT2D eigenvalue weighted by Gasteiger charge is -2.13. The Morgan fingerprint density at radius 3 is 3.07 bits per heavy atom. The van der Waals surface area contributed by atoms with Gasteiger partial charge in [-0.25, -0.2) is 14.7 Å². The van der Waals surface area contributed by atoms with Crippen LogP contribution >= 0.6 is 24.0 Å². The molecule has 2 N–H and O–H groups in total. The molecule has 1 saturated heterocycles. The van der Waals surface area contributed by atoms with Gasteiger partial charge in [0.25, 0.3) is 0 Å². The zero-order valence-corrected chi connectivity index (χ0v) is 18.5. The van der Waals surface area contributed by atoms with Crippen molar-refractivity contribution in [2.75, 3.05) is 32.9 Å². The Bertz CT molecular complexity index is 704. The minimum absolute atomic E-state index is 0. The number of halogens is 1. The van der Waals surface area contributed by atoms with Gasteiger partial charge in [-0.2, -0.15) is 5.10 Å². The fraction of sp³-hybridized carbons (Fsp3) is 0.526. The number of guanidine groups is 1. The van der Waals surface area contributed by atoms with E-state index in [4.69, 9.17) is 9.47 Å². The number of aromatic nitrogens is 3. The summed E-state index contributed by atoms with van der Waals surface area (Å²) in [4.78, 5) is 9.00. The number of ether oxygens (including phenoxy) is 2. The second-order valence-electron chi connectivity index (χ2n) is 6.30. The van der Waals surface area contributed by atoms with Crippen LogP contribution < -0.4 is 10.6 Å². The molecule has 3 heterocycles. The molecule has 0 aliphatic carbocycles. The molecule has 3 rings (SSSR count). The van der Waals surface area contributed by atoms with Crippen LogP contribution in [-0.2, 0) is 16.0 Å². The van der Waals surface area contributed by atoms with Gasteiger partial charge in [0, 0.05) is 44.9 Å². The molecule has 1 fully saturated rings. The molecule has 154 valence electrons. The predicted octanol–water partition coefficient (Wildman–Crippen LogP) is 2.14. The Morgan fingerprint density at radius 1 is 1.39 bits per heavy atom. The second-order valence-corrected chi connectivity index (χ2v) is 6.30. The number of nitrogens with one attached hydrogen (secondary N) is 2. The van der Waals surface area contributed by atoms with E-state index in [9.17, 15) is 0 Å². The smallest absolute Gasteiger partial charge is 0.191 e. The third-order valence-electron chi connectivity index (χ3n) is 4.17. The Balaban J connectivity index is 0.00000280. The van der Waals surface area contributed by atoms with Crippen LogP contribution in [-0.4, -0.2) is 59.7 Å². The van der Waals surface area contributed by atoms with Crippen molar-refractivity contribution >= 4 is 29.9 Å². The molecule has 2 aromatic heterocycles. The maximum Gasteiger partial charge on any atom is 0.191 e. The molecule has 0 bridgehead atoms. The third-order valence-corrected chi connectivity index (χ3v) is 4.17. The Labute approximate surface area is 183 Å². The Hall–Kier alpha value is -1.72. The molecule has 28 heavy (non-hydrogen) atoms. The molecule has 1 atom stereocenters. The molecular formula is C19H29IN6O2. The normalized spacial score (nSPS) is 16.6. The lowest BCUT2D eigenvalue weighted by Crippen LogP contribution is -2.38. The van der Waals surface area contributed by atoms with Gasteiger partial charge < -0.3 is 20.1 Å². The molecule has 0 spiro atoms. The highest BCUT2D eigenvalue weighted by atomic mass is 127. The Morgan fingerprint density at radius 2 is 2.32 bits per heavy atom. The number of hydrogen-bond donors (Lipinski definition) is 2. The number of nitrogens with zero attached hydrogens (tertiary/aromatic N) is 4. The van der Waals surface area contributed by atoms with Gasteiger partial charge in [0.1, 0.15) is 0 Å². The SMILES string of the molecule is CCNC(=NCc1ccnc(-n2cccn2)c1)NCCCOC1CCOC1.I. The van der Waals surface area contributed by atoms with E-state index in [1.165, 1.54) is 0 Å². The van der Waals surface area contributed by atoms with Crippen LogP contribution in [0.15, 0.2) is 41.8 Å². The van der Waals surface area contributed by atoms with Crippen LogP contribution in [0.2, 0.25) is 0 Å². The minimum atomic E-state index is 0. The Kier molecular flexibility index (Phi) is 10.2. The predicted molar refractivity (Wildman–Crippen MR) is 119 cm³/mol. The fourth-order valence-corrected chi connectivity index (χ4v) is 2.77. The molecule has 1 unspecified atom stereocenters. The number of aliphatic imine (C=N–C) groups is 1. The first-order chi connectivity index (χ1) is 13.3. The molecule has 0 amide bonds. The molecule has 9 heteroatoms. The van der Waals surface area contributed by atoms with E-state index in [1.54, 1.807) is 17.1 Å². The highest BCUT2D eigenvalue weighted by Gasteiger charge is 2.15. The van der Waals surface area contributed by atoms with Crippen molar-refractivity contribution in [1.82, 2.24) is 25.4 Å². The van der Waals surface area contributed by atoms with Gasteiger partial charge in [-0.15, -0.1) is 24.0 Å². The summed E-state index contributed by atoms with van der Waals surface area (Å²) in [5.74, 6) is 1.60. The van der Waals surface area contributed by atoms with Crippen molar-refractivity contribution < 1.29 is 9.47 Å². The molecule has 8 nitrogen and oxygen atoms in total. The zero-order valence-electron chi connectivity index (χ0n) is 16.2. The summed E-state index contributed by atoms with van der Waals surface area (Å²) in [5, 5.41) is 10.8. The van der Waals surface area contributed by atoms with Gasteiger partial charge >= 0.3 is 0 Å². The molecule has 0 aromatic carbocycles. The number of rotatable bonds is 9. The van der Waals surface area contributed by atoms with Crippen molar-refractivity contribution in [1.29, 1.82) is 0 Å². The van der Waals surface area contributed by atoms with Crippen LogP contribution in [0.25, 0.3) is 5.82 Å². The van der Waals surface area contributed by atoms with Crippen LogP contribution in [0.5, 0.6) is 0 Å². The molecule has 1 aliphatic heterocycles. The van der Waals surface area contributed by atoms with Crippen molar-refractivity contribution in [3.63, 3.8) is 0 Å². The lowest BCUT2D eigenvalue weighted by molar-refractivity contribution is 0.0420. The topological polar surface area (TPSA) is 85.6 Å². The standard InChI is InChI=1S/C19H28N6O2.HI/c1-2-20-19(22-7-4-11-27-17-6-12-26-15-17)23-14-16-5-9-21-18(13-16)25-10-3-8-24-25;/h3,5,8-10,13,17H,2,4,6-7,11-12,14-15H2,1H3,(H2,20,22,23);1H. The summed E-state index contributed by atoms with van der Waals surface area (Å²) in [6, 6.07) is 5.85. The summed E-state index contributed by atoms with van der Waals surface area (Å²) in [6.45, 7) is 6.54. The summed E-state index contributed by atoms with van der Waals surface area (Å²) in [5.41, 5.74) is 1.08. The first-order valence-corrected chi connectivity index (χ1v) is 9.51. The van der Waals surface area contributed by atoms with E-state index in [0.717, 1.165) is 63.1 Å². The molecule has 0 saturated carbocycles. The number of hydrogen-bond acceptors (Lipinski definition) is 5. The summed E-state index contributed by atoms with van der Waals surface area (Å²) >= 11 is 0. The first kappa shape index (κ1) is 22.6. The average Bonchev–Trinajstić information content (AvgIpc) is 3.40. The molecule has 0 radical (unpaired) electrons. The maximum atomic E-state index is 5.78. The first-order valence-electron chi connectivity index (χ1n) is 9.51. The average molecular weight is 500 g/mol. The fourth-order valence-electron chi connectivity index (χ4n) is 2.77. The second kappa shape index (κ2) is 12.7. The van der Waals surface area contributed by atoms with Crippen LogP contribution in [0.4, 0.5) is 0 Å².